The van der Waals surface area contributed by atoms with Crippen molar-refractivity contribution in [2.45, 2.75) is 26.3 Å². The summed E-state index contributed by atoms with van der Waals surface area (Å²) in [7, 11) is 3.05. The van der Waals surface area contributed by atoms with Crippen LogP contribution in [-0.2, 0) is 14.3 Å². The fourth-order valence-corrected chi connectivity index (χ4v) is 3.91. The van der Waals surface area contributed by atoms with Crippen LogP contribution in [0.2, 0.25) is 5.02 Å². The molecule has 8 heteroatoms. The van der Waals surface area contributed by atoms with Crippen molar-refractivity contribution in [1.82, 2.24) is 4.90 Å². The summed E-state index contributed by atoms with van der Waals surface area (Å²) in [5.74, 6) is -0.183. The number of aliphatic hydroxyl groups is 1. The van der Waals surface area contributed by atoms with E-state index in [4.69, 9.17) is 25.8 Å². The number of amides is 1. The molecule has 1 atom stereocenters. The number of nitrogens with zero attached hydrogens (tertiary/aromatic N) is 1. The molecule has 0 aromatic heterocycles. The first-order valence-electron chi connectivity index (χ1n) is 11.1. The fourth-order valence-electron chi connectivity index (χ4n) is 3.79. The Morgan fingerprint density at radius 3 is 2.38 bits per heavy atom. The number of halogens is 1. The summed E-state index contributed by atoms with van der Waals surface area (Å²) in [5, 5.41) is 11.6. The SMILES string of the molecule is COCCN1C(=O)C(=O)/C(=C(/O)c2ccc(Cl)cc2)C1c1ccc(OCCC(C)C)c(OC)c1. The van der Waals surface area contributed by atoms with Crippen LogP contribution in [0.25, 0.3) is 5.76 Å². The van der Waals surface area contributed by atoms with Gasteiger partial charge in [-0.05, 0) is 54.3 Å². The number of ketones is 1. The molecule has 0 saturated carbocycles. The van der Waals surface area contributed by atoms with Crippen molar-refractivity contribution >= 4 is 29.1 Å². The zero-order chi connectivity index (χ0) is 24.8. The highest BCUT2D eigenvalue weighted by Crippen LogP contribution is 2.42. The number of benzene rings is 2. The Balaban J connectivity index is 2.07. The molecule has 1 unspecified atom stereocenters. The van der Waals surface area contributed by atoms with Gasteiger partial charge in [0.05, 0.1) is 31.9 Å². The molecule has 1 heterocycles. The maximum Gasteiger partial charge on any atom is 0.295 e. The van der Waals surface area contributed by atoms with Crippen molar-refractivity contribution in [3.05, 3.63) is 64.2 Å². The van der Waals surface area contributed by atoms with Crippen LogP contribution in [-0.4, -0.2) is 55.7 Å². The number of ether oxygens (including phenoxy) is 3. The van der Waals surface area contributed by atoms with E-state index in [9.17, 15) is 14.7 Å². The van der Waals surface area contributed by atoms with E-state index < -0.39 is 17.7 Å². The highest BCUT2D eigenvalue weighted by Gasteiger charge is 2.46. The molecule has 0 aliphatic carbocycles. The first-order valence-corrected chi connectivity index (χ1v) is 11.5. The molecule has 2 aromatic carbocycles. The lowest BCUT2D eigenvalue weighted by Gasteiger charge is -2.25. The summed E-state index contributed by atoms with van der Waals surface area (Å²) in [6.45, 7) is 5.19. The molecule has 7 nitrogen and oxygen atoms in total. The second kappa shape index (κ2) is 11.4. The van der Waals surface area contributed by atoms with E-state index in [0.717, 1.165) is 6.42 Å². The molecular weight excluding hydrogens is 458 g/mol. The number of carbonyl (C=O) groups excluding carboxylic acids is 2. The van der Waals surface area contributed by atoms with E-state index in [1.54, 1.807) is 42.5 Å². The Hall–Kier alpha value is -3.03. The number of aliphatic hydroxyl groups excluding tert-OH is 1. The molecule has 1 fully saturated rings. The monoisotopic (exact) mass is 487 g/mol. The van der Waals surface area contributed by atoms with Gasteiger partial charge < -0.3 is 24.2 Å². The van der Waals surface area contributed by atoms with E-state index in [1.165, 1.54) is 19.1 Å². The standard InChI is InChI=1S/C26H30ClNO6/c1-16(2)11-13-34-20-10-7-18(15-21(20)33-4)23-22(24(29)17-5-8-19(27)9-6-17)25(30)26(31)28(23)12-14-32-3/h5-10,15-16,23,29H,11-14H2,1-4H3/b24-22+. The predicted molar refractivity (Wildman–Crippen MR) is 130 cm³/mol. The third-order valence-corrected chi connectivity index (χ3v) is 5.90. The summed E-state index contributed by atoms with van der Waals surface area (Å²) >= 11 is 5.97. The van der Waals surface area contributed by atoms with Gasteiger partial charge in [0.25, 0.3) is 11.7 Å². The van der Waals surface area contributed by atoms with Gasteiger partial charge in [0, 0.05) is 24.2 Å². The number of hydrogen-bond acceptors (Lipinski definition) is 6. The lowest BCUT2D eigenvalue weighted by molar-refractivity contribution is -0.140. The number of methoxy groups -OCH3 is 2. The van der Waals surface area contributed by atoms with Gasteiger partial charge in [-0.15, -0.1) is 0 Å². The maximum absolute atomic E-state index is 13.0. The van der Waals surface area contributed by atoms with E-state index in [2.05, 4.69) is 13.8 Å². The average Bonchev–Trinajstić information content (AvgIpc) is 3.07. The van der Waals surface area contributed by atoms with E-state index in [1.807, 2.05) is 0 Å². The lowest BCUT2D eigenvalue weighted by Crippen LogP contribution is -2.32. The van der Waals surface area contributed by atoms with Gasteiger partial charge in [-0.25, -0.2) is 0 Å². The molecule has 1 aliphatic heterocycles. The second-order valence-electron chi connectivity index (χ2n) is 8.43. The van der Waals surface area contributed by atoms with Gasteiger partial charge in [-0.1, -0.05) is 31.5 Å². The van der Waals surface area contributed by atoms with Gasteiger partial charge in [0.15, 0.2) is 11.5 Å². The number of likely N-dealkylation sites (tertiary alicyclic amines) is 1. The van der Waals surface area contributed by atoms with Gasteiger partial charge in [0.2, 0.25) is 0 Å². The Morgan fingerprint density at radius 1 is 1.06 bits per heavy atom. The molecule has 1 amide bonds. The number of carbonyl (C=O) groups is 2. The highest BCUT2D eigenvalue weighted by atomic mass is 35.5. The Kier molecular flexibility index (Phi) is 8.58. The van der Waals surface area contributed by atoms with Crippen LogP contribution in [0.3, 0.4) is 0 Å². The largest absolute Gasteiger partial charge is 0.507 e. The van der Waals surface area contributed by atoms with Crippen molar-refractivity contribution < 1.29 is 28.9 Å². The number of rotatable bonds is 10. The molecular formula is C26H30ClNO6. The third-order valence-electron chi connectivity index (χ3n) is 5.65. The van der Waals surface area contributed by atoms with Crippen molar-refractivity contribution in [2.24, 2.45) is 5.92 Å². The minimum atomic E-state index is -0.815. The fraction of sp³-hybridized carbons (Fsp3) is 0.385. The van der Waals surface area contributed by atoms with Gasteiger partial charge in [-0.3, -0.25) is 9.59 Å². The Bertz CT molecular complexity index is 1060. The van der Waals surface area contributed by atoms with Crippen LogP contribution in [0.1, 0.15) is 37.4 Å². The minimum Gasteiger partial charge on any atom is -0.507 e. The van der Waals surface area contributed by atoms with Crippen LogP contribution >= 0.6 is 11.6 Å². The maximum atomic E-state index is 13.0. The molecule has 1 saturated heterocycles. The molecule has 1 aliphatic rings. The average molecular weight is 488 g/mol. The smallest absolute Gasteiger partial charge is 0.295 e. The van der Waals surface area contributed by atoms with Gasteiger partial charge in [-0.2, -0.15) is 0 Å². The summed E-state index contributed by atoms with van der Waals surface area (Å²) in [5.41, 5.74) is 0.998. The first-order chi connectivity index (χ1) is 16.3. The van der Waals surface area contributed by atoms with Gasteiger partial charge >= 0.3 is 0 Å². The Morgan fingerprint density at radius 2 is 1.76 bits per heavy atom. The normalized spacial score (nSPS) is 17.5. The third kappa shape index (κ3) is 5.54. The van der Waals surface area contributed by atoms with Crippen LogP contribution in [0.5, 0.6) is 11.5 Å². The van der Waals surface area contributed by atoms with Gasteiger partial charge in [0.1, 0.15) is 5.76 Å². The minimum absolute atomic E-state index is 0.000968. The summed E-state index contributed by atoms with van der Waals surface area (Å²) in [4.78, 5) is 27.4. The second-order valence-corrected chi connectivity index (χ2v) is 8.87. The summed E-state index contributed by atoms with van der Waals surface area (Å²) < 4.78 is 16.6. The highest BCUT2D eigenvalue weighted by molar-refractivity contribution is 6.46. The molecule has 2 aromatic rings. The van der Waals surface area contributed by atoms with Crippen LogP contribution in [0.15, 0.2) is 48.0 Å². The molecule has 0 bridgehead atoms. The molecule has 0 radical (unpaired) electrons. The molecule has 182 valence electrons. The molecule has 1 N–H and O–H groups in total. The molecule has 3 rings (SSSR count). The van der Waals surface area contributed by atoms with E-state index >= 15 is 0 Å². The van der Waals surface area contributed by atoms with Crippen molar-refractivity contribution in [2.75, 3.05) is 34.0 Å². The zero-order valence-corrected chi connectivity index (χ0v) is 20.6. The summed E-state index contributed by atoms with van der Waals surface area (Å²) in [6, 6.07) is 10.9. The van der Waals surface area contributed by atoms with Crippen LogP contribution < -0.4 is 9.47 Å². The van der Waals surface area contributed by atoms with Crippen molar-refractivity contribution in [1.29, 1.82) is 0 Å². The topological polar surface area (TPSA) is 85.3 Å². The van der Waals surface area contributed by atoms with Crippen LogP contribution in [0, 0.1) is 5.92 Å². The lowest BCUT2D eigenvalue weighted by atomic mass is 9.95. The molecule has 0 spiro atoms. The van der Waals surface area contributed by atoms with Crippen molar-refractivity contribution in [3.8, 4) is 11.5 Å². The number of hydrogen-bond donors (Lipinski definition) is 1. The zero-order valence-electron chi connectivity index (χ0n) is 19.8. The predicted octanol–water partition coefficient (Wildman–Crippen LogP) is 4.84. The van der Waals surface area contributed by atoms with E-state index in [0.29, 0.717) is 40.2 Å². The quantitative estimate of drug-likeness (QED) is 0.293. The summed E-state index contributed by atoms with van der Waals surface area (Å²) in [6.07, 6.45) is 0.892. The van der Waals surface area contributed by atoms with E-state index in [-0.39, 0.29) is 24.5 Å². The van der Waals surface area contributed by atoms with Crippen molar-refractivity contribution in [3.63, 3.8) is 0 Å². The molecule has 34 heavy (non-hydrogen) atoms. The van der Waals surface area contributed by atoms with Crippen LogP contribution in [0.4, 0.5) is 0 Å². The number of Topliss-reactive ketones (excluding diaryl/α,β-unsaturated/α-hetero) is 1. The Labute approximate surface area is 204 Å². The first kappa shape index (κ1) is 25.6.